The van der Waals surface area contributed by atoms with Crippen molar-refractivity contribution in [2.75, 3.05) is 40.4 Å². The summed E-state index contributed by atoms with van der Waals surface area (Å²) < 4.78 is 4.87. The van der Waals surface area contributed by atoms with Crippen molar-refractivity contribution in [1.82, 2.24) is 9.80 Å². The third-order valence-electron chi connectivity index (χ3n) is 2.75. The number of methoxy groups -OCH3 is 1. The highest BCUT2D eigenvalue weighted by atomic mass is 16.5. The summed E-state index contributed by atoms with van der Waals surface area (Å²) in [5, 5.41) is 9.05. The second-order valence-corrected chi connectivity index (χ2v) is 3.95. The van der Waals surface area contributed by atoms with Crippen LogP contribution in [0.2, 0.25) is 0 Å². The van der Waals surface area contributed by atoms with Crippen LogP contribution in [0.25, 0.3) is 0 Å². The minimum absolute atomic E-state index is 0.0418. The number of likely N-dealkylation sites (N-methyl/N-ethyl adjacent to an activating group) is 1. The highest BCUT2D eigenvalue weighted by Gasteiger charge is 2.29. The van der Waals surface area contributed by atoms with Gasteiger partial charge in [0, 0.05) is 27.2 Å². The van der Waals surface area contributed by atoms with E-state index in [9.17, 15) is 9.59 Å². The summed E-state index contributed by atoms with van der Waals surface area (Å²) in [6.07, 6.45) is 0.787. The Morgan fingerprint density at radius 1 is 1.56 bits per heavy atom. The second-order valence-electron chi connectivity index (χ2n) is 3.95. The Morgan fingerprint density at radius 3 is 2.81 bits per heavy atom. The molecule has 1 heterocycles. The topological polar surface area (TPSA) is 70.1 Å². The van der Waals surface area contributed by atoms with E-state index in [1.54, 1.807) is 16.8 Å². The van der Waals surface area contributed by atoms with Gasteiger partial charge in [0.05, 0.1) is 13.2 Å². The zero-order chi connectivity index (χ0) is 12.1. The number of carbonyl (C=O) groups excluding carboxylic acids is 1. The molecule has 92 valence electrons. The molecule has 0 radical (unpaired) electrons. The maximum absolute atomic E-state index is 11.6. The Kier molecular flexibility index (Phi) is 4.70. The van der Waals surface area contributed by atoms with E-state index >= 15 is 0 Å². The SMILES string of the molecule is COCC(C(=O)O)N1CCCN(C)C(=O)C1. The molecule has 1 amide bonds. The van der Waals surface area contributed by atoms with E-state index in [4.69, 9.17) is 9.84 Å². The maximum atomic E-state index is 11.6. The van der Waals surface area contributed by atoms with Crippen molar-refractivity contribution in [1.29, 1.82) is 0 Å². The van der Waals surface area contributed by atoms with Gasteiger partial charge in [0.2, 0.25) is 5.91 Å². The van der Waals surface area contributed by atoms with Gasteiger partial charge in [-0.25, -0.2) is 0 Å². The van der Waals surface area contributed by atoms with Gasteiger partial charge in [-0.1, -0.05) is 0 Å². The molecule has 0 aliphatic carbocycles. The third kappa shape index (κ3) is 3.18. The van der Waals surface area contributed by atoms with Crippen LogP contribution in [0.15, 0.2) is 0 Å². The Bertz CT molecular complexity index is 270. The number of hydrogen-bond acceptors (Lipinski definition) is 4. The van der Waals surface area contributed by atoms with Crippen molar-refractivity contribution >= 4 is 11.9 Å². The quantitative estimate of drug-likeness (QED) is 0.688. The molecule has 0 aromatic rings. The van der Waals surface area contributed by atoms with Crippen molar-refractivity contribution in [2.45, 2.75) is 12.5 Å². The van der Waals surface area contributed by atoms with E-state index in [1.165, 1.54) is 7.11 Å². The summed E-state index contributed by atoms with van der Waals surface area (Å²) in [5.41, 5.74) is 0. The predicted molar refractivity (Wildman–Crippen MR) is 57.1 cm³/mol. The lowest BCUT2D eigenvalue weighted by atomic mass is 10.2. The molecule has 6 nitrogen and oxygen atoms in total. The van der Waals surface area contributed by atoms with Crippen LogP contribution < -0.4 is 0 Å². The van der Waals surface area contributed by atoms with Crippen LogP contribution >= 0.6 is 0 Å². The number of carboxylic acid groups (broad SMARTS) is 1. The van der Waals surface area contributed by atoms with Gasteiger partial charge >= 0.3 is 5.97 Å². The normalized spacial score (nSPS) is 20.6. The maximum Gasteiger partial charge on any atom is 0.323 e. The molecule has 0 aromatic carbocycles. The van der Waals surface area contributed by atoms with Crippen molar-refractivity contribution in [3.8, 4) is 0 Å². The number of carbonyl (C=O) groups is 2. The smallest absolute Gasteiger partial charge is 0.323 e. The van der Waals surface area contributed by atoms with E-state index in [-0.39, 0.29) is 19.1 Å². The standard InChI is InChI=1S/C10H18N2O4/c1-11-4-3-5-12(6-9(11)13)8(7-16-2)10(14)15/h8H,3-7H2,1-2H3,(H,14,15). The summed E-state index contributed by atoms with van der Waals surface area (Å²) in [4.78, 5) is 25.9. The molecule has 1 aliphatic heterocycles. The average molecular weight is 230 g/mol. The fourth-order valence-electron chi connectivity index (χ4n) is 1.77. The van der Waals surface area contributed by atoms with E-state index in [0.717, 1.165) is 6.42 Å². The number of carboxylic acids is 1. The Hall–Kier alpha value is -1.14. The second kappa shape index (κ2) is 5.81. The van der Waals surface area contributed by atoms with Gasteiger partial charge in [-0.3, -0.25) is 14.5 Å². The number of amides is 1. The highest BCUT2D eigenvalue weighted by molar-refractivity contribution is 5.80. The molecule has 0 spiro atoms. The molecule has 1 unspecified atom stereocenters. The predicted octanol–water partition coefficient (Wildman–Crippen LogP) is -0.750. The summed E-state index contributed by atoms with van der Waals surface area (Å²) in [5.74, 6) is -0.987. The molecule has 1 aliphatic rings. The van der Waals surface area contributed by atoms with E-state index in [2.05, 4.69) is 0 Å². The summed E-state index contributed by atoms with van der Waals surface area (Å²) in [7, 11) is 3.19. The molecule has 0 saturated carbocycles. The molecule has 0 aromatic heterocycles. The van der Waals surface area contributed by atoms with Crippen LogP contribution in [0.4, 0.5) is 0 Å². The largest absolute Gasteiger partial charge is 0.480 e. The van der Waals surface area contributed by atoms with Crippen LogP contribution in [-0.2, 0) is 14.3 Å². The van der Waals surface area contributed by atoms with Gasteiger partial charge in [-0.05, 0) is 6.42 Å². The number of aliphatic carboxylic acids is 1. The first-order chi connectivity index (χ1) is 7.56. The van der Waals surface area contributed by atoms with Gasteiger partial charge in [-0.2, -0.15) is 0 Å². The van der Waals surface area contributed by atoms with Gasteiger partial charge in [0.1, 0.15) is 6.04 Å². The Morgan fingerprint density at radius 2 is 2.25 bits per heavy atom. The number of rotatable bonds is 4. The molecule has 1 rings (SSSR count). The molecule has 16 heavy (non-hydrogen) atoms. The van der Waals surface area contributed by atoms with Gasteiger partial charge < -0.3 is 14.7 Å². The molecule has 1 N–H and O–H groups in total. The fraction of sp³-hybridized carbons (Fsp3) is 0.800. The van der Waals surface area contributed by atoms with Crippen LogP contribution in [0.1, 0.15) is 6.42 Å². The molecule has 0 bridgehead atoms. The molecule has 1 saturated heterocycles. The molecular weight excluding hydrogens is 212 g/mol. The average Bonchev–Trinajstić information content (AvgIpc) is 2.38. The first-order valence-corrected chi connectivity index (χ1v) is 5.26. The van der Waals surface area contributed by atoms with Crippen LogP contribution in [0, 0.1) is 0 Å². The van der Waals surface area contributed by atoms with Gasteiger partial charge in [-0.15, -0.1) is 0 Å². The lowest BCUT2D eigenvalue weighted by Crippen LogP contribution is -2.47. The van der Waals surface area contributed by atoms with Gasteiger partial charge in [0.25, 0.3) is 0 Å². The molecule has 6 heteroatoms. The van der Waals surface area contributed by atoms with E-state index in [1.807, 2.05) is 0 Å². The minimum atomic E-state index is -0.945. The highest BCUT2D eigenvalue weighted by Crippen LogP contribution is 2.08. The van der Waals surface area contributed by atoms with Crippen LogP contribution in [-0.4, -0.2) is 73.2 Å². The number of hydrogen-bond donors (Lipinski definition) is 1. The zero-order valence-corrected chi connectivity index (χ0v) is 9.68. The third-order valence-corrected chi connectivity index (χ3v) is 2.75. The number of nitrogens with zero attached hydrogens (tertiary/aromatic N) is 2. The zero-order valence-electron chi connectivity index (χ0n) is 9.68. The summed E-state index contributed by atoms with van der Waals surface area (Å²) in [6, 6.07) is -0.736. The van der Waals surface area contributed by atoms with E-state index in [0.29, 0.717) is 13.1 Å². The van der Waals surface area contributed by atoms with Gasteiger partial charge in [0.15, 0.2) is 0 Å². The fourth-order valence-corrected chi connectivity index (χ4v) is 1.77. The van der Waals surface area contributed by atoms with Crippen molar-refractivity contribution in [2.24, 2.45) is 0 Å². The first-order valence-electron chi connectivity index (χ1n) is 5.26. The molecular formula is C10H18N2O4. The lowest BCUT2D eigenvalue weighted by Gasteiger charge is -2.25. The van der Waals surface area contributed by atoms with Crippen LogP contribution in [0.3, 0.4) is 0 Å². The molecule has 1 atom stereocenters. The molecule has 1 fully saturated rings. The summed E-state index contributed by atoms with van der Waals surface area (Å²) in [6.45, 7) is 1.54. The number of ether oxygens (including phenoxy) is 1. The summed E-state index contributed by atoms with van der Waals surface area (Å²) >= 11 is 0. The van der Waals surface area contributed by atoms with Crippen molar-refractivity contribution < 1.29 is 19.4 Å². The van der Waals surface area contributed by atoms with Crippen molar-refractivity contribution in [3.63, 3.8) is 0 Å². The Balaban J connectivity index is 2.69. The van der Waals surface area contributed by atoms with E-state index < -0.39 is 12.0 Å². The lowest BCUT2D eigenvalue weighted by molar-refractivity contribution is -0.146. The minimum Gasteiger partial charge on any atom is -0.480 e. The Labute approximate surface area is 94.8 Å². The monoisotopic (exact) mass is 230 g/mol. The van der Waals surface area contributed by atoms with Crippen LogP contribution in [0.5, 0.6) is 0 Å². The van der Waals surface area contributed by atoms with Crippen molar-refractivity contribution in [3.05, 3.63) is 0 Å². The first kappa shape index (κ1) is 12.9.